The van der Waals surface area contributed by atoms with Gasteiger partial charge in [-0.25, -0.2) is 13.4 Å². The molecule has 0 atom stereocenters. The Balaban J connectivity index is 1.75. The van der Waals surface area contributed by atoms with Crippen LogP contribution in [0.15, 0.2) is 47.5 Å². The summed E-state index contributed by atoms with van der Waals surface area (Å²) in [5.41, 5.74) is 0.983. The summed E-state index contributed by atoms with van der Waals surface area (Å²) in [4.78, 5) is 18.9. The molecule has 1 aromatic heterocycles. The molecule has 1 saturated heterocycles. The van der Waals surface area contributed by atoms with Crippen LogP contribution in [0.4, 0.5) is 11.5 Å². The number of piperidine rings is 1. The number of sulfonamides is 1. The molecule has 0 spiro atoms. The third kappa shape index (κ3) is 4.34. The first-order valence-corrected chi connectivity index (χ1v) is 10.8. The zero-order valence-electron chi connectivity index (χ0n) is 16.4. The molecular weight excluding hydrogens is 376 g/mol. The van der Waals surface area contributed by atoms with Crippen molar-refractivity contribution in [3.8, 4) is 0 Å². The molecule has 150 valence electrons. The minimum atomic E-state index is -3.52. The Bertz CT molecular complexity index is 934. The lowest BCUT2D eigenvalue weighted by Gasteiger charge is -2.29. The van der Waals surface area contributed by atoms with E-state index in [1.165, 1.54) is 16.4 Å². The van der Waals surface area contributed by atoms with Crippen molar-refractivity contribution in [2.24, 2.45) is 5.92 Å². The third-order valence-electron chi connectivity index (χ3n) is 4.96. The number of rotatable bonds is 5. The predicted molar refractivity (Wildman–Crippen MR) is 110 cm³/mol. The third-order valence-corrected chi connectivity index (χ3v) is 6.87. The predicted octanol–water partition coefficient (Wildman–Crippen LogP) is 2.82. The fraction of sp³-hybridized carbons (Fsp3) is 0.400. The molecule has 1 aromatic carbocycles. The molecule has 0 aliphatic carbocycles. The summed E-state index contributed by atoms with van der Waals surface area (Å²) in [6.45, 7) is 3.22. The molecule has 28 heavy (non-hydrogen) atoms. The van der Waals surface area contributed by atoms with Crippen molar-refractivity contribution in [1.82, 2.24) is 9.29 Å². The number of carbonyl (C=O) groups excluding carboxylic acids is 1. The SMILES string of the molecule is CC1CCN(S(=O)(=O)c2ccc(C(=O)Nc3cccnc3N(C)C)cc2)CC1. The van der Waals surface area contributed by atoms with Gasteiger partial charge in [0.2, 0.25) is 10.0 Å². The minimum absolute atomic E-state index is 0.217. The summed E-state index contributed by atoms with van der Waals surface area (Å²) in [5.74, 6) is 0.887. The van der Waals surface area contributed by atoms with E-state index in [0.717, 1.165) is 12.8 Å². The standard InChI is InChI=1S/C20H26N4O3S/c1-15-10-13-24(14-11-15)28(26,27)17-8-6-16(7-9-17)20(25)22-18-5-4-12-21-19(18)23(2)3/h4-9,12,15H,10-11,13-14H2,1-3H3,(H,22,25). The summed E-state index contributed by atoms with van der Waals surface area (Å²) in [7, 11) is 0.173. The molecule has 1 fully saturated rings. The second kappa shape index (κ2) is 8.28. The molecule has 0 unspecified atom stereocenters. The number of nitrogens with one attached hydrogen (secondary N) is 1. The first-order valence-electron chi connectivity index (χ1n) is 9.33. The first-order chi connectivity index (χ1) is 13.3. The number of benzene rings is 1. The summed E-state index contributed by atoms with van der Waals surface area (Å²) in [6.07, 6.45) is 3.41. The van der Waals surface area contributed by atoms with Crippen molar-refractivity contribution in [2.75, 3.05) is 37.4 Å². The zero-order valence-corrected chi connectivity index (χ0v) is 17.2. The van der Waals surface area contributed by atoms with Crippen LogP contribution in [-0.2, 0) is 10.0 Å². The molecule has 1 N–H and O–H groups in total. The molecule has 1 aliphatic heterocycles. The summed E-state index contributed by atoms with van der Waals surface area (Å²) >= 11 is 0. The van der Waals surface area contributed by atoms with Gasteiger partial charge in [0.05, 0.1) is 10.6 Å². The van der Waals surface area contributed by atoms with Crippen molar-refractivity contribution in [3.63, 3.8) is 0 Å². The fourth-order valence-corrected chi connectivity index (χ4v) is 4.67. The summed E-state index contributed by atoms with van der Waals surface area (Å²) in [6, 6.07) is 9.60. The summed E-state index contributed by atoms with van der Waals surface area (Å²) < 4.78 is 27.1. The Labute approximate surface area is 166 Å². The van der Waals surface area contributed by atoms with Gasteiger partial charge in [-0.3, -0.25) is 4.79 Å². The Morgan fingerprint density at radius 3 is 2.39 bits per heavy atom. The molecule has 0 bridgehead atoms. The van der Waals surface area contributed by atoms with Gasteiger partial charge in [-0.2, -0.15) is 4.31 Å². The molecule has 2 heterocycles. The monoisotopic (exact) mass is 402 g/mol. The van der Waals surface area contributed by atoms with Crippen LogP contribution in [0.1, 0.15) is 30.1 Å². The van der Waals surface area contributed by atoms with E-state index in [4.69, 9.17) is 0 Å². The van der Waals surface area contributed by atoms with Gasteiger partial charge in [0.15, 0.2) is 5.82 Å². The fourth-order valence-electron chi connectivity index (χ4n) is 3.20. The zero-order chi connectivity index (χ0) is 20.3. The Morgan fingerprint density at radius 2 is 1.79 bits per heavy atom. The van der Waals surface area contributed by atoms with E-state index in [1.54, 1.807) is 30.5 Å². The van der Waals surface area contributed by atoms with E-state index in [0.29, 0.717) is 36.1 Å². The molecule has 0 radical (unpaired) electrons. The largest absolute Gasteiger partial charge is 0.361 e. The second-order valence-corrected chi connectivity index (χ2v) is 9.27. The quantitative estimate of drug-likeness (QED) is 0.832. The molecule has 1 aliphatic rings. The number of anilines is 2. The molecular formula is C20H26N4O3S. The topological polar surface area (TPSA) is 82.6 Å². The van der Waals surface area contributed by atoms with Crippen molar-refractivity contribution in [1.29, 1.82) is 0 Å². The van der Waals surface area contributed by atoms with E-state index >= 15 is 0 Å². The van der Waals surface area contributed by atoms with Crippen molar-refractivity contribution in [3.05, 3.63) is 48.2 Å². The highest BCUT2D eigenvalue weighted by Gasteiger charge is 2.28. The normalized spacial score (nSPS) is 16.0. The number of hydrogen-bond acceptors (Lipinski definition) is 5. The highest BCUT2D eigenvalue weighted by Crippen LogP contribution is 2.24. The highest BCUT2D eigenvalue weighted by atomic mass is 32.2. The van der Waals surface area contributed by atoms with Crippen LogP contribution in [-0.4, -0.2) is 50.8 Å². The van der Waals surface area contributed by atoms with Crippen molar-refractivity contribution in [2.45, 2.75) is 24.7 Å². The van der Waals surface area contributed by atoms with Crippen LogP contribution >= 0.6 is 0 Å². The van der Waals surface area contributed by atoms with Gasteiger partial charge in [-0.1, -0.05) is 6.92 Å². The van der Waals surface area contributed by atoms with E-state index in [-0.39, 0.29) is 10.8 Å². The highest BCUT2D eigenvalue weighted by molar-refractivity contribution is 7.89. The lowest BCUT2D eigenvalue weighted by molar-refractivity contribution is 0.102. The van der Waals surface area contributed by atoms with Gasteiger partial charge in [0, 0.05) is 38.9 Å². The number of amides is 1. The second-order valence-electron chi connectivity index (χ2n) is 7.33. The van der Waals surface area contributed by atoms with Gasteiger partial charge in [-0.05, 0) is 55.2 Å². The maximum atomic E-state index is 12.8. The van der Waals surface area contributed by atoms with Crippen LogP contribution in [0.3, 0.4) is 0 Å². The lowest BCUT2D eigenvalue weighted by atomic mass is 10.0. The van der Waals surface area contributed by atoms with Crippen LogP contribution in [0.2, 0.25) is 0 Å². The van der Waals surface area contributed by atoms with Gasteiger partial charge < -0.3 is 10.2 Å². The van der Waals surface area contributed by atoms with Crippen LogP contribution < -0.4 is 10.2 Å². The van der Waals surface area contributed by atoms with Gasteiger partial charge in [-0.15, -0.1) is 0 Å². The van der Waals surface area contributed by atoms with Gasteiger partial charge >= 0.3 is 0 Å². The van der Waals surface area contributed by atoms with Crippen molar-refractivity contribution >= 4 is 27.4 Å². The Morgan fingerprint density at radius 1 is 1.14 bits per heavy atom. The average Bonchev–Trinajstić information content (AvgIpc) is 2.68. The molecule has 2 aromatic rings. The van der Waals surface area contributed by atoms with Crippen LogP contribution in [0.5, 0.6) is 0 Å². The average molecular weight is 403 g/mol. The van der Waals surface area contributed by atoms with E-state index in [2.05, 4.69) is 17.2 Å². The lowest BCUT2D eigenvalue weighted by Crippen LogP contribution is -2.37. The molecule has 1 amide bonds. The van der Waals surface area contributed by atoms with Crippen molar-refractivity contribution < 1.29 is 13.2 Å². The molecule has 0 saturated carbocycles. The van der Waals surface area contributed by atoms with Gasteiger partial charge in [0.25, 0.3) is 5.91 Å². The van der Waals surface area contributed by atoms with E-state index in [9.17, 15) is 13.2 Å². The van der Waals surface area contributed by atoms with E-state index < -0.39 is 10.0 Å². The molecule has 3 rings (SSSR count). The number of hydrogen-bond donors (Lipinski definition) is 1. The molecule has 7 nitrogen and oxygen atoms in total. The van der Waals surface area contributed by atoms with Crippen LogP contribution in [0.25, 0.3) is 0 Å². The summed E-state index contributed by atoms with van der Waals surface area (Å²) in [5, 5.41) is 2.83. The number of carbonyl (C=O) groups is 1. The maximum absolute atomic E-state index is 12.8. The Hall–Kier alpha value is -2.45. The Kier molecular flexibility index (Phi) is 6.00. The number of aromatic nitrogens is 1. The van der Waals surface area contributed by atoms with Crippen LogP contribution in [0, 0.1) is 5.92 Å². The number of nitrogens with zero attached hydrogens (tertiary/aromatic N) is 3. The minimum Gasteiger partial charge on any atom is -0.361 e. The number of pyridine rings is 1. The van der Waals surface area contributed by atoms with E-state index in [1.807, 2.05) is 19.0 Å². The first kappa shape index (κ1) is 20.3. The smallest absolute Gasteiger partial charge is 0.255 e. The molecule has 8 heteroatoms. The maximum Gasteiger partial charge on any atom is 0.255 e. The van der Waals surface area contributed by atoms with Gasteiger partial charge in [0.1, 0.15) is 0 Å².